The molecule has 0 aliphatic carbocycles. The van der Waals surface area contributed by atoms with Crippen molar-refractivity contribution in [3.63, 3.8) is 0 Å². The summed E-state index contributed by atoms with van der Waals surface area (Å²) >= 11 is 0. The van der Waals surface area contributed by atoms with Crippen LogP contribution < -0.4 is 10.6 Å². The molecule has 2 heterocycles. The summed E-state index contributed by atoms with van der Waals surface area (Å²) in [7, 11) is 0. The van der Waals surface area contributed by atoms with Gasteiger partial charge in [-0.2, -0.15) is 0 Å². The van der Waals surface area contributed by atoms with Crippen molar-refractivity contribution < 1.29 is 9.90 Å². The number of piperidine rings is 1. The monoisotopic (exact) mass is 170 g/mol. The Hall–Kier alpha value is -0.610. The van der Waals surface area contributed by atoms with Gasteiger partial charge in [0.05, 0.1) is 5.92 Å². The van der Waals surface area contributed by atoms with Gasteiger partial charge in [0.2, 0.25) is 0 Å². The summed E-state index contributed by atoms with van der Waals surface area (Å²) in [5, 5.41) is 15.4. The predicted octanol–water partition coefficient (Wildman–Crippen LogP) is -0.589. The highest BCUT2D eigenvalue weighted by Gasteiger charge is 2.40. The predicted molar refractivity (Wildman–Crippen MR) is 43.9 cm³/mol. The van der Waals surface area contributed by atoms with E-state index in [1.54, 1.807) is 0 Å². The van der Waals surface area contributed by atoms with Crippen molar-refractivity contribution in [3.8, 4) is 0 Å². The Morgan fingerprint density at radius 1 is 1.42 bits per heavy atom. The first-order chi connectivity index (χ1) is 5.79. The van der Waals surface area contributed by atoms with Gasteiger partial charge in [0.25, 0.3) is 0 Å². The van der Waals surface area contributed by atoms with E-state index in [2.05, 4.69) is 10.6 Å². The average Bonchev–Trinajstić information content (AvgIpc) is 2.47. The fourth-order valence-electron chi connectivity index (χ4n) is 2.21. The Bertz CT molecular complexity index is 195. The standard InChI is InChI=1S/C8H14N2O2/c11-8(12)5-4-10-6-2-1-3-9-7(5)6/h5-7,9-10H,1-4H2,(H,11,12)/t5-,6+,7+/m0/s1. The van der Waals surface area contributed by atoms with Crippen molar-refractivity contribution in [2.24, 2.45) is 5.92 Å². The first kappa shape index (κ1) is 8.01. The third-order valence-corrected chi connectivity index (χ3v) is 2.86. The van der Waals surface area contributed by atoms with E-state index in [-0.39, 0.29) is 12.0 Å². The maximum atomic E-state index is 10.8. The number of hydrogen-bond acceptors (Lipinski definition) is 3. The van der Waals surface area contributed by atoms with Gasteiger partial charge in [-0.3, -0.25) is 4.79 Å². The lowest BCUT2D eigenvalue weighted by atomic mass is 9.93. The number of aliphatic carboxylic acids is 1. The zero-order valence-corrected chi connectivity index (χ0v) is 6.92. The molecule has 2 saturated heterocycles. The van der Waals surface area contributed by atoms with Gasteiger partial charge >= 0.3 is 5.97 Å². The Morgan fingerprint density at radius 3 is 3.00 bits per heavy atom. The summed E-state index contributed by atoms with van der Waals surface area (Å²) in [4.78, 5) is 10.8. The number of hydrogen-bond donors (Lipinski definition) is 3. The lowest BCUT2D eigenvalue weighted by Gasteiger charge is -2.28. The van der Waals surface area contributed by atoms with E-state index in [9.17, 15) is 4.79 Å². The first-order valence-corrected chi connectivity index (χ1v) is 4.48. The molecule has 0 bridgehead atoms. The molecule has 0 saturated carbocycles. The molecule has 0 unspecified atom stereocenters. The van der Waals surface area contributed by atoms with Crippen LogP contribution in [0.25, 0.3) is 0 Å². The lowest BCUT2D eigenvalue weighted by Crippen LogP contribution is -2.49. The smallest absolute Gasteiger partial charge is 0.309 e. The lowest BCUT2D eigenvalue weighted by molar-refractivity contribution is -0.141. The molecule has 4 nitrogen and oxygen atoms in total. The van der Waals surface area contributed by atoms with Crippen molar-refractivity contribution in [2.75, 3.05) is 13.1 Å². The molecule has 0 amide bonds. The van der Waals surface area contributed by atoms with Crippen LogP contribution in [0.4, 0.5) is 0 Å². The topological polar surface area (TPSA) is 61.4 Å². The second kappa shape index (κ2) is 3.03. The molecule has 2 aliphatic rings. The SMILES string of the molecule is O=C(O)[C@H]1CN[C@@H]2CCCN[C@H]12. The van der Waals surface area contributed by atoms with E-state index in [0.717, 1.165) is 19.4 Å². The molecule has 3 atom stereocenters. The normalized spacial score (nSPS) is 40.8. The quantitative estimate of drug-likeness (QED) is 0.492. The van der Waals surface area contributed by atoms with Crippen LogP contribution in [-0.4, -0.2) is 36.2 Å². The van der Waals surface area contributed by atoms with E-state index in [1.807, 2.05) is 0 Å². The fraction of sp³-hybridized carbons (Fsp3) is 0.875. The average molecular weight is 170 g/mol. The third kappa shape index (κ3) is 1.21. The van der Waals surface area contributed by atoms with E-state index in [4.69, 9.17) is 5.11 Å². The van der Waals surface area contributed by atoms with Gasteiger partial charge in [0.15, 0.2) is 0 Å². The van der Waals surface area contributed by atoms with Crippen LogP contribution >= 0.6 is 0 Å². The molecule has 2 rings (SSSR count). The third-order valence-electron chi connectivity index (χ3n) is 2.86. The molecule has 0 aromatic carbocycles. The van der Waals surface area contributed by atoms with Crippen molar-refractivity contribution in [1.29, 1.82) is 0 Å². The van der Waals surface area contributed by atoms with Gasteiger partial charge in [0.1, 0.15) is 0 Å². The van der Waals surface area contributed by atoms with Crippen LogP contribution in [0.15, 0.2) is 0 Å². The maximum absolute atomic E-state index is 10.8. The molecule has 2 aliphatic heterocycles. The van der Waals surface area contributed by atoms with Crippen molar-refractivity contribution in [2.45, 2.75) is 24.9 Å². The van der Waals surface area contributed by atoms with Gasteiger partial charge < -0.3 is 15.7 Å². The molecular weight excluding hydrogens is 156 g/mol. The minimum absolute atomic E-state index is 0.163. The summed E-state index contributed by atoms with van der Waals surface area (Å²) in [5.41, 5.74) is 0. The Kier molecular flexibility index (Phi) is 2.02. The van der Waals surface area contributed by atoms with Gasteiger partial charge in [0, 0.05) is 18.6 Å². The van der Waals surface area contributed by atoms with E-state index in [1.165, 1.54) is 0 Å². The number of carbonyl (C=O) groups is 1. The molecule has 68 valence electrons. The number of carboxylic acid groups (broad SMARTS) is 1. The Morgan fingerprint density at radius 2 is 2.25 bits per heavy atom. The molecule has 4 heteroatoms. The molecule has 12 heavy (non-hydrogen) atoms. The second-order valence-electron chi connectivity index (χ2n) is 3.58. The summed E-state index contributed by atoms with van der Waals surface area (Å²) < 4.78 is 0. The summed E-state index contributed by atoms with van der Waals surface area (Å²) in [5.74, 6) is -0.903. The molecule has 0 spiro atoms. The maximum Gasteiger partial charge on any atom is 0.309 e. The summed E-state index contributed by atoms with van der Waals surface area (Å²) in [6.45, 7) is 1.59. The van der Waals surface area contributed by atoms with Crippen LogP contribution in [0.2, 0.25) is 0 Å². The first-order valence-electron chi connectivity index (χ1n) is 4.48. The molecule has 0 aromatic heterocycles. The van der Waals surface area contributed by atoms with E-state index in [0.29, 0.717) is 12.6 Å². The number of carboxylic acids is 1. The summed E-state index contributed by atoms with van der Waals surface area (Å²) in [6.07, 6.45) is 2.27. The largest absolute Gasteiger partial charge is 0.481 e. The highest BCUT2D eigenvalue weighted by Crippen LogP contribution is 2.21. The molecule has 0 aromatic rings. The highest BCUT2D eigenvalue weighted by atomic mass is 16.4. The van der Waals surface area contributed by atoms with E-state index < -0.39 is 5.97 Å². The number of fused-ring (bicyclic) bond motifs is 1. The van der Waals surface area contributed by atoms with Crippen LogP contribution in [0.3, 0.4) is 0 Å². The zero-order chi connectivity index (χ0) is 8.55. The van der Waals surface area contributed by atoms with Crippen molar-refractivity contribution in [1.82, 2.24) is 10.6 Å². The van der Waals surface area contributed by atoms with Crippen LogP contribution in [0, 0.1) is 5.92 Å². The van der Waals surface area contributed by atoms with Gasteiger partial charge in [-0.1, -0.05) is 0 Å². The van der Waals surface area contributed by atoms with Gasteiger partial charge in [-0.05, 0) is 19.4 Å². The number of nitrogens with one attached hydrogen (secondary N) is 2. The van der Waals surface area contributed by atoms with E-state index >= 15 is 0 Å². The van der Waals surface area contributed by atoms with Gasteiger partial charge in [-0.25, -0.2) is 0 Å². The highest BCUT2D eigenvalue weighted by molar-refractivity contribution is 5.72. The van der Waals surface area contributed by atoms with Crippen molar-refractivity contribution >= 4 is 5.97 Å². The molecule has 2 fully saturated rings. The fourth-order valence-corrected chi connectivity index (χ4v) is 2.21. The molecule has 3 N–H and O–H groups in total. The molecular formula is C8H14N2O2. The van der Waals surface area contributed by atoms with Crippen LogP contribution in [0.5, 0.6) is 0 Å². The second-order valence-corrected chi connectivity index (χ2v) is 3.58. The summed E-state index contributed by atoms with van der Waals surface area (Å²) in [6, 6.07) is 0.552. The van der Waals surface area contributed by atoms with Crippen LogP contribution in [0.1, 0.15) is 12.8 Å². The molecule has 0 radical (unpaired) electrons. The zero-order valence-electron chi connectivity index (χ0n) is 6.92. The minimum atomic E-state index is -0.676. The Labute approximate surface area is 71.3 Å². The van der Waals surface area contributed by atoms with Crippen LogP contribution in [-0.2, 0) is 4.79 Å². The van der Waals surface area contributed by atoms with Gasteiger partial charge in [-0.15, -0.1) is 0 Å². The Balaban J connectivity index is 2.05. The number of rotatable bonds is 1. The van der Waals surface area contributed by atoms with Crippen molar-refractivity contribution in [3.05, 3.63) is 0 Å². The minimum Gasteiger partial charge on any atom is -0.481 e.